The topological polar surface area (TPSA) is 83.6 Å². The zero-order valence-electron chi connectivity index (χ0n) is 20.4. The highest BCUT2D eigenvalue weighted by molar-refractivity contribution is 7.93. The Hall–Kier alpha value is -2.43. The fourth-order valence-electron chi connectivity index (χ4n) is 4.46. The zero-order valence-corrected chi connectivity index (χ0v) is 22.0. The van der Waals surface area contributed by atoms with Gasteiger partial charge in [0.25, 0.3) is 10.0 Å². The van der Waals surface area contributed by atoms with Gasteiger partial charge in [-0.25, -0.2) is 17.8 Å². The number of sulfonamides is 1. The minimum absolute atomic E-state index is 0. The van der Waals surface area contributed by atoms with Crippen molar-refractivity contribution in [3.63, 3.8) is 0 Å². The highest BCUT2D eigenvalue weighted by atomic mass is 32.2. The molecule has 2 atom stereocenters. The second kappa shape index (κ2) is 11.1. The van der Waals surface area contributed by atoms with Gasteiger partial charge < -0.3 is 15.0 Å². The van der Waals surface area contributed by atoms with Crippen molar-refractivity contribution in [3.05, 3.63) is 42.2 Å². The molecular weight excluding hydrogens is 487 g/mol. The number of unbranched alkanes of at least 4 members (excludes halogenated alkanes) is 1. The molecule has 4 rings (SSSR count). The summed E-state index contributed by atoms with van der Waals surface area (Å²) >= 11 is 1.19. The monoisotopic (exact) mass is 524 g/mol. The Morgan fingerprint density at radius 1 is 1.20 bits per heavy atom. The van der Waals surface area contributed by atoms with Gasteiger partial charge >= 0.3 is 0 Å². The van der Waals surface area contributed by atoms with Crippen LogP contribution in [0, 0.1) is 5.82 Å². The van der Waals surface area contributed by atoms with Crippen LogP contribution in [0.2, 0.25) is 0 Å². The number of hydrogen-bond donors (Lipinski definition) is 2. The number of hydrogen-bond acceptors (Lipinski definition) is 7. The van der Waals surface area contributed by atoms with Gasteiger partial charge in [-0.05, 0) is 69.8 Å². The lowest BCUT2D eigenvalue weighted by molar-refractivity contribution is 0.211. The van der Waals surface area contributed by atoms with Gasteiger partial charge in [-0.3, -0.25) is 4.72 Å². The van der Waals surface area contributed by atoms with Crippen molar-refractivity contribution in [2.45, 2.75) is 62.4 Å². The fourth-order valence-corrected chi connectivity index (χ4v) is 6.65. The Bertz CT molecular complexity index is 1270. The normalized spacial score (nSPS) is 18.7. The van der Waals surface area contributed by atoms with Crippen molar-refractivity contribution in [3.8, 4) is 5.75 Å². The van der Waals surface area contributed by atoms with Gasteiger partial charge in [-0.15, -0.1) is 0 Å². The van der Waals surface area contributed by atoms with Crippen molar-refractivity contribution in [2.24, 2.45) is 0 Å². The van der Waals surface area contributed by atoms with Crippen LogP contribution >= 0.6 is 11.3 Å². The highest BCUT2D eigenvalue weighted by Crippen LogP contribution is 2.32. The van der Waals surface area contributed by atoms with E-state index in [0.717, 1.165) is 36.8 Å². The van der Waals surface area contributed by atoms with E-state index in [2.05, 4.69) is 40.9 Å². The molecule has 35 heavy (non-hydrogen) atoms. The second-order valence-electron chi connectivity index (χ2n) is 9.17. The van der Waals surface area contributed by atoms with Crippen molar-refractivity contribution in [2.75, 3.05) is 30.7 Å². The van der Waals surface area contributed by atoms with E-state index in [4.69, 9.17) is 4.74 Å². The van der Waals surface area contributed by atoms with E-state index in [9.17, 15) is 12.8 Å². The number of aromatic nitrogens is 1. The summed E-state index contributed by atoms with van der Waals surface area (Å²) in [6.07, 6.45) is 6.38. The first kappa shape index (κ1) is 25.7. The van der Waals surface area contributed by atoms with Gasteiger partial charge in [0.1, 0.15) is 16.5 Å². The maximum absolute atomic E-state index is 15.0. The summed E-state index contributed by atoms with van der Waals surface area (Å²) in [4.78, 5) is 6.13. The minimum Gasteiger partial charge on any atom is -0.494 e. The molecule has 1 aromatic heterocycles. The lowest BCUT2D eigenvalue weighted by atomic mass is 9.89. The van der Waals surface area contributed by atoms with E-state index >= 15 is 0 Å². The maximum atomic E-state index is 15.0. The fraction of sp³-hybridized carbons (Fsp3) is 0.480. The number of likely N-dealkylation sites (N-methyl/N-ethyl adjacent to an activating group) is 1. The predicted molar refractivity (Wildman–Crippen MR) is 145 cm³/mol. The molecule has 0 aliphatic heterocycles. The molecule has 2 N–H and O–H groups in total. The smallest absolute Gasteiger partial charge is 0.266 e. The molecule has 7 nitrogen and oxygen atoms in total. The van der Waals surface area contributed by atoms with E-state index in [1.54, 1.807) is 12.1 Å². The van der Waals surface area contributed by atoms with E-state index < -0.39 is 20.7 Å². The molecule has 0 saturated heterocycles. The predicted octanol–water partition coefficient (Wildman–Crippen LogP) is 6.19. The highest BCUT2D eigenvalue weighted by Gasteiger charge is 2.27. The summed E-state index contributed by atoms with van der Waals surface area (Å²) < 4.78 is 49.8. The number of halogens is 1. The van der Waals surface area contributed by atoms with Crippen LogP contribution in [0.1, 0.15) is 48.3 Å². The summed E-state index contributed by atoms with van der Waals surface area (Å²) in [5.74, 6) is -0.0833. The Labute approximate surface area is 213 Å². The molecule has 0 bridgehead atoms. The molecule has 0 spiro atoms. The Morgan fingerprint density at radius 3 is 2.74 bits per heavy atom. The first-order chi connectivity index (χ1) is 16.8. The molecule has 194 valence electrons. The van der Waals surface area contributed by atoms with Crippen LogP contribution in [0.15, 0.2) is 41.3 Å². The van der Waals surface area contributed by atoms with E-state index in [-0.39, 0.29) is 14.0 Å². The van der Waals surface area contributed by atoms with Gasteiger partial charge in [0, 0.05) is 20.6 Å². The average Bonchev–Trinajstić information content (AvgIpc) is 3.20. The lowest BCUT2D eigenvalue weighted by Gasteiger charge is -2.37. The third-order valence-electron chi connectivity index (χ3n) is 6.31. The van der Waals surface area contributed by atoms with Gasteiger partial charge in [0.15, 0.2) is 5.13 Å². The van der Waals surface area contributed by atoms with E-state index in [0.29, 0.717) is 29.6 Å². The SMILES string of the molecule is CCCCOc1ccc2nc(NS(=O)(=O)c3ccc(N[C@H]4CCCC[C@@H]4N(C)C)cc3F)sc2c1.[HH].[HH]. The Morgan fingerprint density at radius 2 is 2.00 bits per heavy atom. The summed E-state index contributed by atoms with van der Waals surface area (Å²) in [5, 5.41) is 3.59. The summed E-state index contributed by atoms with van der Waals surface area (Å²) in [6, 6.07) is 10.2. The van der Waals surface area contributed by atoms with Crippen molar-refractivity contribution < 1.29 is 20.4 Å². The number of thiazole rings is 1. The second-order valence-corrected chi connectivity index (χ2v) is 11.8. The summed E-state index contributed by atoms with van der Waals surface area (Å²) in [5.41, 5.74) is 1.23. The van der Waals surface area contributed by atoms with Crippen LogP contribution in [0.4, 0.5) is 15.2 Å². The number of ether oxygens (including phenoxy) is 1. The molecule has 1 saturated carbocycles. The molecule has 1 aliphatic carbocycles. The zero-order chi connectivity index (χ0) is 25.0. The van der Waals surface area contributed by atoms with E-state index in [1.807, 2.05) is 12.1 Å². The molecule has 10 heteroatoms. The number of rotatable bonds is 10. The largest absolute Gasteiger partial charge is 0.494 e. The van der Waals surface area contributed by atoms with Crippen molar-refractivity contribution in [1.29, 1.82) is 0 Å². The first-order valence-electron chi connectivity index (χ1n) is 12.1. The molecule has 0 amide bonds. The molecule has 0 radical (unpaired) electrons. The maximum Gasteiger partial charge on any atom is 0.266 e. The molecule has 1 fully saturated rings. The van der Waals surface area contributed by atoms with Crippen LogP contribution in [0.25, 0.3) is 10.2 Å². The lowest BCUT2D eigenvalue weighted by Crippen LogP contribution is -2.45. The third-order valence-corrected chi connectivity index (χ3v) is 8.75. The third kappa shape index (κ3) is 6.23. The average molecular weight is 525 g/mol. The number of nitrogens with one attached hydrogen (secondary N) is 2. The first-order valence-corrected chi connectivity index (χ1v) is 14.4. The van der Waals surface area contributed by atoms with Gasteiger partial charge in [-0.1, -0.05) is 37.5 Å². The summed E-state index contributed by atoms with van der Waals surface area (Å²) in [7, 11) is -0.0367. The van der Waals surface area contributed by atoms with E-state index in [1.165, 1.54) is 29.9 Å². The van der Waals surface area contributed by atoms with Gasteiger partial charge in [-0.2, -0.15) is 0 Å². The Kier molecular flexibility index (Phi) is 8.13. The quantitative estimate of drug-likeness (QED) is 0.308. The van der Waals surface area contributed by atoms with Crippen LogP contribution in [-0.2, 0) is 10.0 Å². The van der Waals surface area contributed by atoms with Gasteiger partial charge in [0.05, 0.1) is 16.8 Å². The number of benzene rings is 2. The number of anilines is 2. The molecule has 0 unspecified atom stereocenters. The van der Waals surface area contributed by atoms with Crippen molar-refractivity contribution in [1.82, 2.24) is 9.88 Å². The summed E-state index contributed by atoms with van der Waals surface area (Å²) in [6.45, 7) is 2.72. The van der Waals surface area contributed by atoms with Gasteiger partial charge in [0.2, 0.25) is 0 Å². The molecule has 1 heterocycles. The van der Waals surface area contributed by atoms with Crippen LogP contribution in [0.5, 0.6) is 5.75 Å². The van der Waals surface area contributed by atoms with Crippen LogP contribution in [-0.4, -0.2) is 51.1 Å². The molecule has 1 aliphatic rings. The number of fused-ring (bicyclic) bond motifs is 1. The minimum atomic E-state index is -4.14. The molecular formula is C25H37FN4O3S2. The van der Waals surface area contributed by atoms with Crippen LogP contribution in [0.3, 0.4) is 0 Å². The molecule has 3 aromatic rings. The standard InChI is InChI=1S/C25H33FN4O3S2.2H2/c1-4-5-14-33-18-11-12-21-23(16-18)34-25(28-21)29-35(31,32)24-13-10-17(15-19(24)26)27-20-8-6-7-9-22(20)30(2)3;;/h10-13,15-16,20,22,27H,4-9,14H2,1-3H3,(H,28,29);2*1H/t20-,22-;;/m0../s1. The Balaban J connectivity index is 0.00000241. The van der Waals surface area contributed by atoms with Crippen molar-refractivity contribution >= 4 is 42.4 Å². The van der Waals surface area contributed by atoms with Crippen LogP contribution < -0.4 is 14.8 Å². The molecule has 2 aromatic carbocycles. The number of nitrogens with zero attached hydrogens (tertiary/aromatic N) is 2.